The Bertz CT molecular complexity index is 132. The van der Waals surface area contributed by atoms with Gasteiger partial charge in [0.2, 0.25) is 0 Å². The first kappa shape index (κ1) is 8.33. The first-order valence-corrected chi connectivity index (χ1v) is 3.81. The highest BCUT2D eigenvalue weighted by atomic mass is 16.7. The third kappa shape index (κ3) is 2.76. The minimum Gasteiger partial charge on any atom is -0.438 e. The van der Waals surface area contributed by atoms with E-state index in [1.807, 2.05) is 0 Å². The van der Waals surface area contributed by atoms with Crippen molar-refractivity contribution >= 4 is 6.16 Å². The van der Waals surface area contributed by atoms with Crippen LogP contribution in [-0.4, -0.2) is 26.0 Å². The zero-order valence-electron chi connectivity index (χ0n) is 6.63. The summed E-state index contributed by atoms with van der Waals surface area (Å²) in [6.45, 7) is 0.918. The lowest BCUT2D eigenvalue weighted by Crippen LogP contribution is -2.37. The summed E-state index contributed by atoms with van der Waals surface area (Å²) in [6, 6.07) is 0. The molecular formula is C7H13NO3. The van der Waals surface area contributed by atoms with Crippen LogP contribution in [0.5, 0.6) is 0 Å². The smallest absolute Gasteiger partial charge is 0.438 e. The fourth-order valence-electron chi connectivity index (χ4n) is 1.08. The molecule has 0 aromatic heterocycles. The van der Waals surface area contributed by atoms with Gasteiger partial charge in [-0.2, -0.15) is 0 Å². The molecule has 1 saturated heterocycles. The van der Waals surface area contributed by atoms with Crippen LogP contribution in [-0.2, 0) is 9.47 Å². The van der Waals surface area contributed by atoms with Gasteiger partial charge in [0.1, 0.15) is 0 Å². The predicted molar refractivity (Wildman–Crippen MR) is 39.1 cm³/mol. The highest BCUT2D eigenvalue weighted by molar-refractivity contribution is 5.59. The summed E-state index contributed by atoms with van der Waals surface area (Å²) >= 11 is 0. The molecule has 0 amide bonds. The molecular weight excluding hydrogens is 146 g/mol. The number of methoxy groups -OCH3 is 1. The van der Waals surface area contributed by atoms with Gasteiger partial charge in [-0.05, 0) is 25.8 Å². The summed E-state index contributed by atoms with van der Waals surface area (Å²) in [6.07, 6.45) is 2.39. The van der Waals surface area contributed by atoms with E-state index in [1.165, 1.54) is 7.11 Å². The summed E-state index contributed by atoms with van der Waals surface area (Å²) in [7, 11) is 1.31. The van der Waals surface area contributed by atoms with Crippen molar-refractivity contribution in [3.8, 4) is 0 Å². The molecule has 0 spiro atoms. The maximum Gasteiger partial charge on any atom is 0.509 e. The third-order valence-corrected chi connectivity index (χ3v) is 1.67. The average molecular weight is 159 g/mol. The molecule has 0 aromatic carbocycles. The lowest BCUT2D eigenvalue weighted by atomic mass is 10.1. The topological polar surface area (TPSA) is 47.6 Å². The van der Waals surface area contributed by atoms with Gasteiger partial charge in [-0.15, -0.1) is 0 Å². The van der Waals surface area contributed by atoms with Crippen LogP contribution in [0.2, 0.25) is 0 Å². The summed E-state index contributed by atoms with van der Waals surface area (Å²) in [5, 5.41) is 3.06. The van der Waals surface area contributed by atoms with Crippen LogP contribution in [0.25, 0.3) is 0 Å². The van der Waals surface area contributed by atoms with Crippen molar-refractivity contribution in [1.82, 2.24) is 5.32 Å². The van der Waals surface area contributed by atoms with Crippen LogP contribution in [0.1, 0.15) is 19.3 Å². The van der Waals surface area contributed by atoms with Crippen LogP contribution >= 0.6 is 0 Å². The van der Waals surface area contributed by atoms with Crippen LogP contribution in [0.3, 0.4) is 0 Å². The predicted octanol–water partition coefficient (Wildman–Crippen LogP) is 0.869. The summed E-state index contributed by atoms with van der Waals surface area (Å²) < 4.78 is 9.22. The number of carbonyl (C=O) groups is 1. The molecule has 4 heteroatoms. The Morgan fingerprint density at radius 2 is 2.36 bits per heavy atom. The molecule has 0 aliphatic carbocycles. The SMILES string of the molecule is COC(=O)OC1CCCCN1. The normalized spacial score (nSPS) is 24.3. The van der Waals surface area contributed by atoms with Crippen LogP contribution in [0.15, 0.2) is 0 Å². The second-order valence-electron chi connectivity index (χ2n) is 2.51. The highest BCUT2D eigenvalue weighted by Gasteiger charge is 2.16. The second-order valence-corrected chi connectivity index (χ2v) is 2.51. The van der Waals surface area contributed by atoms with Gasteiger partial charge in [0.25, 0.3) is 0 Å². The molecule has 0 aromatic rings. The van der Waals surface area contributed by atoms with Crippen molar-refractivity contribution in [1.29, 1.82) is 0 Å². The Kier molecular flexibility index (Phi) is 3.16. The van der Waals surface area contributed by atoms with Gasteiger partial charge < -0.3 is 9.47 Å². The molecule has 1 rings (SSSR count). The summed E-state index contributed by atoms with van der Waals surface area (Å²) in [5.74, 6) is 0. The molecule has 0 bridgehead atoms. The van der Waals surface area contributed by atoms with Gasteiger partial charge >= 0.3 is 6.16 Å². The first-order valence-electron chi connectivity index (χ1n) is 3.81. The van der Waals surface area contributed by atoms with E-state index in [2.05, 4.69) is 10.1 Å². The molecule has 1 fully saturated rings. The van der Waals surface area contributed by atoms with Crippen LogP contribution < -0.4 is 5.32 Å². The Labute approximate surface area is 65.9 Å². The number of hydrogen-bond donors (Lipinski definition) is 1. The maximum absolute atomic E-state index is 10.6. The lowest BCUT2D eigenvalue weighted by Gasteiger charge is -2.22. The number of ether oxygens (including phenoxy) is 2. The van der Waals surface area contributed by atoms with E-state index in [9.17, 15) is 4.79 Å². The largest absolute Gasteiger partial charge is 0.509 e. The lowest BCUT2D eigenvalue weighted by molar-refractivity contribution is 0.0131. The van der Waals surface area contributed by atoms with Crippen LogP contribution in [0, 0.1) is 0 Å². The zero-order chi connectivity index (χ0) is 8.10. The van der Waals surface area contributed by atoms with E-state index in [-0.39, 0.29) is 6.23 Å². The van der Waals surface area contributed by atoms with Crippen molar-refractivity contribution in [2.45, 2.75) is 25.5 Å². The van der Waals surface area contributed by atoms with E-state index < -0.39 is 6.16 Å². The Hall–Kier alpha value is -0.770. The van der Waals surface area contributed by atoms with Gasteiger partial charge in [0, 0.05) is 0 Å². The van der Waals surface area contributed by atoms with Gasteiger partial charge in [-0.3, -0.25) is 5.32 Å². The van der Waals surface area contributed by atoms with E-state index >= 15 is 0 Å². The molecule has 1 aliphatic rings. The Morgan fingerprint density at radius 3 is 2.91 bits per heavy atom. The molecule has 1 heterocycles. The number of nitrogens with one attached hydrogen (secondary N) is 1. The Morgan fingerprint density at radius 1 is 1.55 bits per heavy atom. The summed E-state index contributed by atoms with van der Waals surface area (Å²) in [5.41, 5.74) is 0. The van der Waals surface area contributed by atoms with E-state index in [4.69, 9.17) is 4.74 Å². The van der Waals surface area contributed by atoms with E-state index in [1.54, 1.807) is 0 Å². The van der Waals surface area contributed by atoms with Gasteiger partial charge in [0.05, 0.1) is 7.11 Å². The number of carbonyl (C=O) groups excluding carboxylic acids is 1. The molecule has 1 aliphatic heterocycles. The average Bonchev–Trinajstić information content (AvgIpc) is 2.06. The molecule has 0 radical (unpaired) electrons. The van der Waals surface area contributed by atoms with Crippen molar-refractivity contribution in [3.63, 3.8) is 0 Å². The van der Waals surface area contributed by atoms with Gasteiger partial charge in [0.15, 0.2) is 6.23 Å². The third-order valence-electron chi connectivity index (χ3n) is 1.67. The molecule has 11 heavy (non-hydrogen) atoms. The van der Waals surface area contributed by atoms with Crippen molar-refractivity contribution in [2.75, 3.05) is 13.7 Å². The Balaban J connectivity index is 2.19. The van der Waals surface area contributed by atoms with Crippen LogP contribution in [0.4, 0.5) is 4.79 Å². The van der Waals surface area contributed by atoms with Crippen molar-refractivity contribution in [2.24, 2.45) is 0 Å². The maximum atomic E-state index is 10.6. The fraction of sp³-hybridized carbons (Fsp3) is 0.857. The van der Waals surface area contributed by atoms with Crippen molar-refractivity contribution < 1.29 is 14.3 Å². The second kappa shape index (κ2) is 4.18. The first-order chi connectivity index (χ1) is 5.33. The minimum atomic E-state index is -0.607. The van der Waals surface area contributed by atoms with Crippen molar-refractivity contribution in [3.05, 3.63) is 0 Å². The van der Waals surface area contributed by atoms with Gasteiger partial charge in [-0.1, -0.05) is 0 Å². The molecule has 4 nitrogen and oxygen atoms in total. The molecule has 0 saturated carbocycles. The zero-order valence-corrected chi connectivity index (χ0v) is 6.63. The number of rotatable bonds is 1. The van der Waals surface area contributed by atoms with Gasteiger partial charge in [-0.25, -0.2) is 4.79 Å². The standard InChI is InChI=1S/C7H13NO3/c1-10-7(9)11-6-4-2-3-5-8-6/h6,8H,2-5H2,1H3. The minimum absolute atomic E-state index is 0.142. The summed E-state index contributed by atoms with van der Waals surface area (Å²) in [4.78, 5) is 10.6. The fourth-order valence-corrected chi connectivity index (χ4v) is 1.08. The number of piperidine rings is 1. The number of hydrogen-bond acceptors (Lipinski definition) is 4. The van der Waals surface area contributed by atoms with E-state index in [0.29, 0.717) is 0 Å². The molecule has 64 valence electrons. The molecule has 1 atom stereocenters. The molecule has 1 unspecified atom stereocenters. The quantitative estimate of drug-likeness (QED) is 0.577. The monoisotopic (exact) mass is 159 g/mol. The van der Waals surface area contributed by atoms with E-state index in [0.717, 1.165) is 25.8 Å². The molecule has 1 N–H and O–H groups in total. The highest BCUT2D eigenvalue weighted by Crippen LogP contribution is 2.08.